The zero-order chi connectivity index (χ0) is 13.2. The van der Waals surface area contributed by atoms with Gasteiger partial charge in [0, 0.05) is 19.3 Å². The van der Waals surface area contributed by atoms with Gasteiger partial charge >= 0.3 is 0 Å². The molecule has 2 rings (SSSR count). The summed E-state index contributed by atoms with van der Waals surface area (Å²) in [6.45, 7) is 2.14. The van der Waals surface area contributed by atoms with Crippen molar-refractivity contribution in [1.82, 2.24) is 5.32 Å². The van der Waals surface area contributed by atoms with Crippen LogP contribution >= 0.6 is 0 Å². The number of benzene rings is 1. The van der Waals surface area contributed by atoms with E-state index >= 15 is 0 Å². The van der Waals surface area contributed by atoms with E-state index in [9.17, 15) is 8.42 Å². The molecule has 1 aromatic carbocycles. The Morgan fingerprint density at radius 2 is 2.22 bits per heavy atom. The highest BCUT2D eigenvalue weighted by Gasteiger charge is 2.20. The number of sulfone groups is 1. The van der Waals surface area contributed by atoms with Crippen molar-refractivity contribution in [3.05, 3.63) is 23.8 Å². The molecule has 1 aromatic rings. The second-order valence-corrected chi connectivity index (χ2v) is 6.23. The van der Waals surface area contributed by atoms with Crippen LogP contribution in [0.4, 0.5) is 0 Å². The van der Waals surface area contributed by atoms with Crippen LogP contribution < -0.4 is 10.1 Å². The van der Waals surface area contributed by atoms with E-state index in [4.69, 9.17) is 9.47 Å². The number of ether oxygens (including phenoxy) is 2. The molecule has 0 aromatic heterocycles. The summed E-state index contributed by atoms with van der Waals surface area (Å²) < 4.78 is 34.1. The van der Waals surface area contributed by atoms with Gasteiger partial charge in [0.1, 0.15) is 10.6 Å². The largest absolute Gasteiger partial charge is 0.495 e. The van der Waals surface area contributed by atoms with Crippen molar-refractivity contribution in [1.29, 1.82) is 0 Å². The molecule has 0 radical (unpaired) electrons. The summed E-state index contributed by atoms with van der Waals surface area (Å²) in [5.74, 6) is 0.366. The molecule has 18 heavy (non-hydrogen) atoms. The van der Waals surface area contributed by atoms with Crippen LogP contribution in [-0.4, -0.2) is 41.5 Å². The molecule has 0 amide bonds. The highest BCUT2D eigenvalue weighted by atomic mass is 32.2. The van der Waals surface area contributed by atoms with Crippen molar-refractivity contribution >= 4 is 9.84 Å². The van der Waals surface area contributed by atoms with Gasteiger partial charge in [0.05, 0.1) is 19.8 Å². The number of methoxy groups -OCH3 is 1. The van der Waals surface area contributed by atoms with Gasteiger partial charge in [-0.05, 0) is 17.7 Å². The maximum absolute atomic E-state index is 11.7. The number of hydrogen-bond acceptors (Lipinski definition) is 5. The third-order valence-corrected chi connectivity index (χ3v) is 4.00. The molecule has 0 aliphatic carbocycles. The molecule has 100 valence electrons. The second-order valence-electron chi connectivity index (χ2n) is 4.25. The first-order valence-corrected chi connectivity index (χ1v) is 7.62. The first-order chi connectivity index (χ1) is 8.52. The van der Waals surface area contributed by atoms with Crippen molar-refractivity contribution in [2.75, 3.05) is 33.1 Å². The summed E-state index contributed by atoms with van der Waals surface area (Å²) >= 11 is 0. The Kier molecular flexibility index (Phi) is 3.89. The lowest BCUT2D eigenvalue weighted by Gasteiger charge is -2.24. The minimum Gasteiger partial charge on any atom is -0.495 e. The number of morpholine rings is 1. The third-order valence-electron chi connectivity index (χ3n) is 2.89. The van der Waals surface area contributed by atoms with E-state index in [-0.39, 0.29) is 11.0 Å². The zero-order valence-corrected chi connectivity index (χ0v) is 11.3. The van der Waals surface area contributed by atoms with Crippen LogP contribution in [-0.2, 0) is 14.6 Å². The summed E-state index contributed by atoms with van der Waals surface area (Å²) in [5.41, 5.74) is 0.850. The SMILES string of the molecule is COc1ccc(C2CNCCO2)cc1S(C)(=O)=O. The van der Waals surface area contributed by atoms with Gasteiger partial charge in [0.15, 0.2) is 9.84 Å². The molecular formula is C12H17NO4S. The lowest BCUT2D eigenvalue weighted by Crippen LogP contribution is -2.33. The fourth-order valence-corrected chi connectivity index (χ4v) is 2.83. The molecule has 0 saturated carbocycles. The van der Waals surface area contributed by atoms with E-state index in [1.54, 1.807) is 12.1 Å². The van der Waals surface area contributed by atoms with Gasteiger partial charge in [-0.2, -0.15) is 0 Å². The van der Waals surface area contributed by atoms with Gasteiger partial charge in [-0.15, -0.1) is 0 Å². The molecule has 1 heterocycles. The predicted octanol–water partition coefficient (Wildman–Crippen LogP) is 0.760. The first-order valence-electron chi connectivity index (χ1n) is 5.72. The molecule has 1 saturated heterocycles. The predicted molar refractivity (Wildman–Crippen MR) is 67.7 cm³/mol. The fourth-order valence-electron chi connectivity index (χ4n) is 1.96. The molecule has 5 nitrogen and oxygen atoms in total. The van der Waals surface area contributed by atoms with Gasteiger partial charge in [0.25, 0.3) is 0 Å². The monoisotopic (exact) mass is 271 g/mol. The Morgan fingerprint density at radius 1 is 1.44 bits per heavy atom. The number of rotatable bonds is 3. The molecule has 1 aliphatic heterocycles. The Balaban J connectivity index is 2.39. The Morgan fingerprint density at radius 3 is 2.78 bits per heavy atom. The van der Waals surface area contributed by atoms with Crippen molar-refractivity contribution in [3.8, 4) is 5.75 Å². The molecule has 0 spiro atoms. The molecule has 6 heteroatoms. The van der Waals surface area contributed by atoms with Crippen molar-refractivity contribution in [3.63, 3.8) is 0 Å². The van der Waals surface area contributed by atoms with E-state index in [1.807, 2.05) is 6.07 Å². The zero-order valence-electron chi connectivity index (χ0n) is 10.5. The summed E-state index contributed by atoms with van der Waals surface area (Å²) in [6.07, 6.45) is 1.07. The van der Waals surface area contributed by atoms with Gasteiger partial charge in [-0.25, -0.2) is 8.42 Å². The fraction of sp³-hybridized carbons (Fsp3) is 0.500. The maximum Gasteiger partial charge on any atom is 0.179 e. The van der Waals surface area contributed by atoms with Crippen LogP contribution in [0.1, 0.15) is 11.7 Å². The van der Waals surface area contributed by atoms with Crippen molar-refractivity contribution < 1.29 is 17.9 Å². The molecule has 0 bridgehead atoms. The van der Waals surface area contributed by atoms with Gasteiger partial charge in [0.2, 0.25) is 0 Å². The highest BCUT2D eigenvalue weighted by Crippen LogP contribution is 2.28. The summed E-state index contributed by atoms with van der Waals surface area (Å²) in [4.78, 5) is 0.205. The van der Waals surface area contributed by atoms with Crippen LogP contribution in [0.25, 0.3) is 0 Å². The van der Waals surface area contributed by atoms with Crippen molar-refractivity contribution in [2.45, 2.75) is 11.0 Å². The van der Waals surface area contributed by atoms with Gasteiger partial charge in [-0.1, -0.05) is 6.07 Å². The maximum atomic E-state index is 11.7. The Hall–Kier alpha value is -1.11. The van der Waals surface area contributed by atoms with Crippen LogP contribution in [0.3, 0.4) is 0 Å². The minimum absolute atomic E-state index is 0.106. The average Bonchev–Trinajstić information content (AvgIpc) is 2.38. The van der Waals surface area contributed by atoms with Crippen LogP contribution in [0.5, 0.6) is 5.75 Å². The van der Waals surface area contributed by atoms with Crippen LogP contribution in [0.2, 0.25) is 0 Å². The average molecular weight is 271 g/mol. The molecule has 1 N–H and O–H groups in total. The van der Waals surface area contributed by atoms with Gasteiger partial charge < -0.3 is 14.8 Å². The summed E-state index contributed by atoms with van der Waals surface area (Å²) in [6, 6.07) is 5.14. The Labute approximate surface area is 107 Å². The molecule has 1 atom stereocenters. The molecule has 1 unspecified atom stereocenters. The molecule has 1 aliphatic rings. The molecular weight excluding hydrogens is 254 g/mol. The van der Waals surface area contributed by atoms with E-state index < -0.39 is 9.84 Å². The van der Waals surface area contributed by atoms with E-state index in [2.05, 4.69) is 5.32 Å². The minimum atomic E-state index is -3.31. The molecule has 1 fully saturated rings. The second kappa shape index (κ2) is 5.26. The number of hydrogen-bond donors (Lipinski definition) is 1. The summed E-state index contributed by atoms with van der Waals surface area (Å²) in [7, 11) is -1.85. The normalized spacial score (nSPS) is 20.7. The van der Waals surface area contributed by atoms with E-state index in [0.717, 1.165) is 12.1 Å². The lowest BCUT2D eigenvalue weighted by atomic mass is 10.1. The highest BCUT2D eigenvalue weighted by molar-refractivity contribution is 7.90. The van der Waals surface area contributed by atoms with Gasteiger partial charge in [-0.3, -0.25) is 0 Å². The van der Waals surface area contributed by atoms with Crippen LogP contribution in [0, 0.1) is 0 Å². The standard InChI is InChI=1S/C12H17NO4S/c1-16-10-4-3-9(7-12(10)18(2,14)15)11-8-13-5-6-17-11/h3-4,7,11,13H,5-6,8H2,1-2H3. The van der Waals surface area contributed by atoms with E-state index in [0.29, 0.717) is 18.9 Å². The lowest BCUT2D eigenvalue weighted by molar-refractivity contribution is 0.0275. The quantitative estimate of drug-likeness (QED) is 0.879. The number of nitrogens with one attached hydrogen (secondary N) is 1. The van der Waals surface area contributed by atoms with E-state index in [1.165, 1.54) is 13.4 Å². The van der Waals surface area contributed by atoms with Crippen LogP contribution in [0.15, 0.2) is 23.1 Å². The third kappa shape index (κ3) is 2.82. The first kappa shape index (κ1) is 13.3. The summed E-state index contributed by atoms with van der Waals surface area (Å²) in [5, 5.41) is 3.21. The topological polar surface area (TPSA) is 64.6 Å². The van der Waals surface area contributed by atoms with Crippen molar-refractivity contribution in [2.24, 2.45) is 0 Å². The smallest absolute Gasteiger partial charge is 0.179 e. The Bertz CT molecular complexity index is 521.